The molecule has 0 saturated carbocycles. The number of aromatic carboxylic acids is 1. The lowest BCUT2D eigenvalue weighted by Gasteiger charge is -2.08. The number of rotatable bonds is 54. The number of carbonyl (C=O) groups excluding carboxylic acids is 14. The highest BCUT2D eigenvalue weighted by Crippen LogP contribution is 2.19. The molecular formula is C108H138O33. The van der Waals surface area contributed by atoms with Gasteiger partial charge in [-0.1, -0.05) is 167 Å². The van der Waals surface area contributed by atoms with Crippen LogP contribution in [0.2, 0.25) is 0 Å². The van der Waals surface area contributed by atoms with Gasteiger partial charge in [0.25, 0.3) is 0 Å². The van der Waals surface area contributed by atoms with E-state index in [0.717, 1.165) is 114 Å². The van der Waals surface area contributed by atoms with Crippen molar-refractivity contribution in [2.75, 3.05) is 106 Å². The molecule has 0 radical (unpaired) electrons. The van der Waals surface area contributed by atoms with Crippen LogP contribution in [0.4, 0.5) is 0 Å². The Bertz CT molecular complexity index is 4790. The Kier molecular flexibility index (Phi) is 69.5. The standard InChI is InChI=1S/C26H30O7.C26H32O6.C14H18O5.2C14H18O4.C12H14O4.C2H6O2.H2O/c1-3-5-7-23(27)19-8-10-20(11-9-19)25(29)32-17-18-33-26(30)22-14-12-21(13-15-22)24(28)31-16-6-4-2;1-3-5-7-24(27)21-10-8-20(9-11-21)19-30-17-18-32-26(29)23-14-12-22(13-15-23)25(28)31-16-6-4-2;1-2-3-9-18-13(16)11-4-6-12(7-5-11)14(17)19-10-8-15;2*1-2-3-4-13(16)11-5-7-12(8-6-11)14(17)18-10-9-15;1-2-3-8-16-12(15)10-6-4-9(5-7-10)11(13)14;3-1-2-4;/h8-15H,3-7,16-18H2,1-2H3;8-15H,3-7,16-19H2,1-2H3;4-7,15H,2-3,8-10H2,1H3;2*5-8,15H,2-4,9-10H2,1H3;4-7H,2-3,8H2,1H3,(H,13,14);3-4H,1-2H2;1H2. The molecule has 0 aliphatic carbocycles. The fourth-order valence-corrected chi connectivity index (χ4v) is 11.2. The lowest BCUT2D eigenvalue weighted by Crippen LogP contribution is -2.14. The van der Waals surface area contributed by atoms with E-state index in [4.69, 9.17) is 82.7 Å². The monoisotopic (exact) mass is 1960 g/mol. The predicted molar refractivity (Wildman–Crippen MR) is 525 cm³/mol. The van der Waals surface area contributed by atoms with E-state index < -0.39 is 65.7 Å². The van der Waals surface area contributed by atoms with Crippen LogP contribution in [0, 0.1) is 0 Å². The molecule has 768 valence electrons. The van der Waals surface area contributed by atoms with Crippen LogP contribution in [0.3, 0.4) is 0 Å². The van der Waals surface area contributed by atoms with Crippen LogP contribution in [-0.2, 0) is 58.7 Å². The molecule has 0 saturated heterocycles. The van der Waals surface area contributed by atoms with Crippen LogP contribution >= 0.6 is 0 Å². The second-order valence-corrected chi connectivity index (χ2v) is 30.6. The largest absolute Gasteiger partial charge is 0.478 e. The highest BCUT2D eigenvalue weighted by molar-refractivity contribution is 6.01. The van der Waals surface area contributed by atoms with Crippen LogP contribution in [0.5, 0.6) is 0 Å². The molecule has 0 aromatic heterocycles. The molecule has 0 unspecified atom stereocenters. The first-order valence-corrected chi connectivity index (χ1v) is 47.1. The van der Waals surface area contributed by atoms with Gasteiger partial charge >= 0.3 is 65.7 Å². The number of esters is 10. The first-order valence-electron chi connectivity index (χ1n) is 47.1. The molecule has 33 nitrogen and oxygen atoms in total. The number of unbranched alkanes of at least 4 members (excludes halogenated alkanes) is 8. The van der Waals surface area contributed by atoms with Crippen LogP contribution in [-0.4, -0.2) is 231 Å². The van der Waals surface area contributed by atoms with Gasteiger partial charge in [0.2, 0.25) is 0 Å². The molecule has 0 amide bonds. The fraction of sp³-hybridized carbons (Fsp3) is 0.417. The molecule has 8 aromatic rings. The van der Waals surface area contributed by atoms with Crippen molar-refractivity contribution in [2.24, 2.45) is 0 Å². The maximum atomic E-state index is 12.1. The fourth-order valence-electron chi connectivity index (χ4n) is 11.2. The van der Waals surface area contributed by atoms with Crippen molar-refractivity contribution < 1.29 is 160 Å². The molecule has 33 heteroatoms. The zero-order valence-corrected chi connectivity index (χ0v) is 81.9. The van der Waals surface area contributed by atoms with Gasteiger partial charge in [-0.3, -0.25) is 19.2 Å². The molecule has 0 aliphatic heterocycles. The Hall–Kier alpha value is -13.7. The Morgan fingerprint density at radius 2 is 0.348 bits per heavy atom. The number of carbonyl (C=O) groups is 15. The second-order valence-electron chi connectivity index (χ2n) is 30.6. The number of benzene rings is 8. The number of aliphatic hydroxyl groups excluding tert-OH is 5. The SMILES string of the molecule is CCCCC(=O)c1ccc(C(=O)OCCO)cc1.CCCCC(=O)c1ccc(C(=O)OCCO)cc1.CCCCOC(=O)c1ccc(C(=O)O)cc1.CCCCOC(=O)c1ccc(C(=O)OCCO)cc1.CCCCOC(=O)c1ccc(C(=O)OCCOC(=O)c2ccc(C(=O)CCCC)cc2)cc1.CCCCOC(=O)c1ccc(C(=O)OCCOCc2ccc(C(=O)CCCC)cc2)cc1.O.OCCO. The zero-order valence-electron chi connectivity index (χ0n) is 81.9. The summed E-state index contributed by atoms with van der Waals surface area (Å²) >= 11 is 0. The number of hydrogen-bond donors (Lipinski definition) is 6. The summed E-state index contributed by atoms with van der Waals surface area (Å²) in [4.78, 5) is 175. The molecule has 0 heterocycles. The minimum atomic E-state index is -1.01. The third-order valence-electron chi connectivity index (χ3n) is 19.3. The molecule has 8 N–H and O–H groups in total. The highest BCUT2D eigenvalue weighted by Gasteiger charge is 2.19. The summed E-state index contributed by atoms with van der Waals surface area (Å²) in [6.45, 7) is 17.3. The van der Waals surface area contributed by atoms with Crippen molar-refractivity contribution in [3.63, 3.8) is 0 Å². The number of carboxylic acid groups (broad SMARTS) is 1. The third-order valence-corrected chi connectivity index (χ3v) is 19.3. The second kappa shape index (κ2) is 78.2. The van der Waals surface area contributed by atoms with Gasteiger partial charge in [-0.05, 0) is 190 Å². The van der Waals surface area contributed by atoms with Gasteiger partial charge in [0.1, 0.15) is 39.6 Å². The van der Waals surface area contributed by atoms with Crippen LogP contribution in [0.25, 0.3) is 0 Å². The quantitative estimate of drug-likeness (QED) is 0.00892. The Balaban J connectivity index is 0.000000857. The van der Waals surface area contributed by atoms with E-state index in [1.165, 1.54) is 72.8 Å². The van der Waals surface area contributed by atoms with E-state index >= 15 is 0 Å². The van der Waals surface area contributed by atoms with E-state index in [2.05, 4.69) is 6.92 Å². The lowest BCUT2D eigenvalue weighted by atomic mass is 10.0. The number of ketones is 4. The Morgan fingerprint density at radius 3 is 0.518 bits per heavy atom. The van der Waals surface area contributed by atoms with Gasteiger partial charge in [-0.2, -0.15) is 0 Å². The highest BCUT2D eigenvalue weighted by atomic mass is 16.6. The van der Waals surface area contributed by atoms with Gasteiger partial charge in [-0.15, -0.1) is 0 Å². The maximum absolute atomic E-state index is 12.1. The molecule has 0 fully saturated rings. The van der Waals surface area contributed by atoms with E-state index in [1.807, 2.05) is 72.7 Å². The molecule has 0 bridgehead atoms. The molecule has 0 atom stereocenters. The van der Waals surface area contributed by atoms with Gasteiger partial charge in [-0.25, -0.2) is 52.7 Å². The summed E-state index contributed by atoms with van der Waals surface area (Å²) < 4.78 is 55.6. The summed E-state index contributed by atoms with van der Waals surface area (Å²) in [5.41, 5.74) is 7.20. The number of carboxylic acids is 1. The zero-order chi connectivity index (χ0) is 103. The van der Waals surface area contributed by atoms with Crippen LogP contribution in [0.15, 0.2) is 194 Å². The number of hydrogen-bond acceptors (Lipinski definition) is 31. The topological polar surface area (TPSA) is 510 Å². The van der Waals surface area contributed by atoms with E-state index in [1.54, 1.807) is 97.1 Å². The molecule has 8 aromatic carbocycles. The average Bonchev–Trinajstić information content (AvgIpc) is 0.890. The van der Waals surface area contributed by atoms with Crippen molar-refractivity contribution >= 4 is 88.8 Å². The lowest BCUT2D eigenvalue weighted by molar-refractivity contribution is 0.0265. The maximum Gasteiger partial charge on any atom is 0.338 e. The number of Topliss-reactive ketones (excluding diaryl/α,β-unsaturated/α-hetero) is 4. The van der Waals surface area contributed by atoms with E-state index in [0.29, 0.717) is 125 Å². The van der Waals surface area contributed by atoms with Crippen molar-refractivity contribution in [3.05, 3.63) is 283 Å². The van der Waals surface area contributed by atoms with Crippen LogP contribution < -0.4 is 0 Å². The van der Waals surface area contributed by atoms with Crippen molar-refractivity contribution in [2.45, 2.75) is 190 Å². The molecule has 8 rings (SSSR count). The van der Waals surface area contributed by atoms with Gasteiger partial charge in [0, 0.05) is 47.9 Å². The smallest absolute Gasteiger partial charge is 0.338 e. The molecule has 0 spiro atoms. The van der Waals surface area contributed by atoms with Gasteiger partial charge in [0.15, 0.2) is 23.1 Å². The Morgan fingerprint density at radius 1 is 0.191 bits per heavy atom. The molecular weight excluding hydrogens is 1830 g/mol. The number of aliphatic hydroxyl groups is 5. The van der Waals surface area contributed by atoms with Gasteiger partial charge < -0.3 is 88.2 Å². The number of ether oxygens (including phenoxy) is 11. The summed E-state index contributed by atoms with van der Waals surface area (Å²) in [7, 11) is 0. The first kappa shape index (κ1) is 125. The van der Waals surface area contributed by atoms with Gasteiger partial charge in [0.05, 0.1) is 134 Å². The minimum Gasteiger partial charge on any atom is -0.478 e. The normalized spacial score (nSPS) is 10.1. The predicted octanol–water partition coefficient (Wildman–Crippen LogP) is 17.1. The summed E-state index contributed by atoms with van der Waals surface area (Å²) in [5.74, 6) is -5.41. The first-order chi connectivity index (χ1) is 67.6. The molecule has 141 heavy (non-hydrogen) atoms. The van der Waals surface area contributed by atoms with E-state index in [-0.39, 0.29) is 119 Å². The summed E-state index contributed by atoms with van der Waals surface area (Å²) in [6, 6.07) is 50.4. The minimum absolute atomic E-state index is 0. The van der Waals surface area contributed by atoms with Crippen LogP contribution in [0.1, 0.15) is 345 Å². The summed E-state index contributed by atoms with van der Waals surface area (Å²) in [5, 5.41) is 49.5. The molecule has 0 aliphatic rings. The van der Waals surface area contributed by atoms with Crippen molar-refractivity contribution in [1.29, 1.82) is 0 Å². The summed E-state index contributed by atoms with van der Waals surface area (Å²) in [6.07, 6.45) is 16.6. The average molecular weight is 1960 g/mol. The Labute approximate surface area is 824 Å². The van der Waals surface area contributed by atoms with Crippen molar-refractivity contribution in [1.82, 2.24) is 0 Å². The third kappa shape index (κ3) is 53.9. The van der Waals surface area contributed by atoms with Crippen molar-refractivity contribution in [3.8, 4) is 0 Å². The van der Waals surface area contributed by atoms with E-state index in [9.17, 15) is 71.9 Å².